The third-order valence-electron chi connectivity index (χ3n) is 2.17. The van der Waals surface area contributed by atoms with Crippen LogP contribution < -0.4 is 0 Å². The number of ether oxygens (including phenoxy) is 1. The minimum atomic E-state index is 0.191. The SMILES string of the molecule is CC(=O)N1CCO[C@H]2C[C@H]21. The topological polar surface area (TPSA) is 29.5 Å². The number of rotatable bonds is 0. The molecule has 0 spiro atoms. The molecule has 0 bridgehead atoms. The second kappa shape index (κ2) is 1.95. The van der Waals surface area contributed by atoms with Crippen molar-refractivity contribution in [3.63, 3.8) is 0 Å². The maximum atomic E-state index is 10.9. The van der Waals surface area contributed by atoms with Gasteiger partial charge in [0.25, 0.3) is 0 Å². The smallest absolute Gasteiger partial charge is 0.219 e. The third-order valence-corrected chi connectivity index (χ3v) is 2.17. The van der Waals surface area contributed by atoms with Crippen molar-refractivity contribution < 1.29 is 9.53 Å². The van der Waals surface area contributed by atoms with E-state index in [0.717, 1.165) is 19.6 Å². The van der Waals surface area contributed by atoms with Gasteiger partial charge in [-0.25, -0.2) is 0 Å². The lowest BCUT2D eigenvalue weighted by Gasteiger charge is -2.24. The van der Waals surface area contributed by atoms with E-state index in [0.29, 0.717) is 12.1 Å². The number of hydrogen-bond acceptors (Lipinski definition) is 2. The van der Waals surface area contributed by atoms with E-state index in [4.69, 9.17) is 4.74 Å². The summed E-state index contributed by atoms with van der Waals surface area (Å²) in [6.45, 7) is 3.14. The molecule has 0 aromatic heterocycles. The number of hydrogen-bond donors (Lipinski definition) is 0. The number of fused-ring (bicyclic) bond motifs is 1. The highest BCUT2D eigenvalue weighted by Crippen LogP contribution is 2.34. The molecule has 3 nitrogen and oxygen atoms in total. The monoisotopic (exact) mass is 141 g/mol. The van der Waals surface area contributed by atoms with Crippen LogP contribution >= 0.6 is 0 Å². The van der Waals surface area contributed by atoms with E-state index in [-0.39, 0.29) is 5.91 Å². The lowest BCUT2D eigenvalue weighted by Crippen LogP contribution is -2.39. The van der Waals surface area contributed by atoms with Crippen LogP contribution in [0.25, 0.3) is 0 Å². The van der Waals surface area contributed by atoms with Gasteiger partial charge in [-0.1, -0.05) is 0 Å². The van der Waals surface area contributed by atoms with Gasteiger partial charge >= 0.3 is 0 Å². The summed E-state index contributed by atoms with van der Waals surface area (Å²) >= 11 is 0. The second-order valence-electron chi connectivity index (χ2n) is 2.92. The average Bonchev–Trinajstić information content (AvgIpc) is 2.63. The van der Waals surface area contributed by atoms with E-state index >= 15 is 0 Å². The van der Waals surface area contributed by atoms with Crippen molar-refractivity contribution in [3.8, 4) is 0 Å². The molecule has 1 saturated heterocycles. The molecule has 2 fully saturated rings. The molecule has 2 aliphatic rings. The van der Waals surface area contributed by atoms with Crippen molar-refractivity contribution >= 4 is 5.91 Å². The zero-order chi connectivity index (χ0) is 7.14. The Morgan fingerprint density at radius 2 is 2.50 bits per heavy atom. The number of carbonyl (C=O) groups is 1. The number of nitrogens with zero attached hydrogens (tertiary/aromatic N) is 1. The van der Waals surface area contributed by atoms with Crippen molar-refractivity contribution in [1.29, 1.82) is 0 Å². The van der Waals surface area contributed by atoms with Gasteiger partial charge < -0.3 is 9.64 Å². The maximum absolute atomic E-state index is 10.9. The van der Waals surface area contributed by atoms with Crippen LogP contribution in [0.2, 0.25) is 0 Å². The molecule has 0 aromatic rings. The summed E-state index contributed by atoms with van der Waals surface area (Å²) in [6, 6.07) is 0.422. The van der Waals surface area contributed by atoms with Crippen LogP contribution in [0.1, 0.15) is 13.3 Å². The molecule has 10 heavy (non-hydrogen) atoms. The maximum Gasteiger partial charge on any atom is 0.219 e. The average molecular weight is 141 g/mol. The molecule has 1 aliphatic heterocycles. The first-order chi connectivity index (χ1) is 4.79. The van der Waals surface area contributed by atoms with E-state index in [1.54, 1.807) is 6.92 Å². The summed E-state index contributed by atoms with van der Waals surface area (Å²) in [5, 5.41) is 0. The van der Waals surface area contributed by atoms with Gasteiger partial charge in [0.2, 0.25) is 5.91 Å². The van der Waals surface area contributed by atoms with Crippen LogP contribution in [0.5, 0.6) is 0 Å². The fourth-order valence-electron chi connectivity index (χ4n) is 1.53. The molecule has 2 rings (SSSR count). The molecule has 2 atom stereocenters. The molecular formula is C7H11NO2. The van der Waals surface area contributed by atoms with Gasteiger partial charge in [0.05, 0.1) is 18.8 Å². The van der Waals surface area contributed by atoms with Crippen LogP contribution in [-0.4, -0.2) is 36.1 Å². The zero-order valence-corrected chi connectivity index (χ0v) is 6.04. The normalized spacial score (nSPS) is 37.1. The Kier molecular flexibility index (Phi) is 1.20. The van der Waals surface area contributed by atoms with Crippen LogP contribution in [0.3, 0.4) is 0 Å². The highest BCUT2D eigenvalue weighted by Gasteiger charge is 2.46. The van der Waals surface area contributed by atoms with Crippen LogP contribution in [0.4, 0.5) is 0 Å². The Morgan fingerprint density at radius 1 is 1.70 bits per heavy atom. The Bertz CT molecular complexity index is 169. The van der Waals surface area contributed by atoms with Crippen LogP contribution in [0, 0.1) is 0 Å². The summed E-state index contributed by atoms with van der Waals surface area (Å²) in [5.41, 5.74) is 0. The quantitative estimate of drug-likeness (QED) is 0.475. The zero-order valence-electron chi connectivity index (χ0n) is 6.04. The summed E-state index contributed by atoms with van der Waals surface area (Å²) < 4.78 is 5.34. The Balaban J connectivity index is 2.02. The first-order valence-corrected chi connectivity index (χ1v) is 3.68. The van der Waals surface area contributed by atoms with Gasteiger partial charge in [0.1, 0.15) is 0 Å². The van der Waals surface area contributed by atoms with Gasteiger partial charge in [0, 0.05) is 13.5 Å². The van der Waals surface area contributed by atoms with Gasteiger partial charge in [-0.05, 0) is 6.42 Å². The molecule has 56 valence electrons. The van der Waals surface area contributed by atoms with E-state index < -0.39 is 0 Å². The number of carbonyl (C=O) groups excluding carboxylic acids is 1. The molecule has 1 aliphatic carbocycles. The molecule has 1 saturated carbocycles. The van der Waals surface area contributed by atoms with Gasteiger partial charge in [-0.3, -0.25) is 4.79 Å². The molecular weight excluding hydrogens is 130 g/mol. The van der Waals surface area contributed by atoms with Gasteiger partial charge in [-0.2, -0.15) is 0 Å². The first-order valence-electron chi connectivity index (χ1n) is 3.68. The predicted molar refractivity (Wildman–Crippen MR) is 35.5 cm³/mol. The van der Waals surface area contributed by atoms with Crippen molar-refractivity contribution in [3.05, 3.63) is 0 Å². The Morgan fingerprint density at radius 3 is 3.10 bits per heavy atom. The lowest BCUT2D eigenvalue weighted by molar-refractivity contribution is -0.133. The Labute approximate surface area is 60.0 Å². The molecule has 1 amide bonds. The summed E-state index contributed by atoms with van der Waals surface area (Å²) in [5.74, 6) is 0.191. The van der Waals surface area contributed by atoms with Crippen molar-refractivity contribution in [2.45, 2.75) is 25.5 Å². The van der Waals surface area contributed by atoms with Crippen molar-refractivity contribution in [2.24, 2.45) is 0 Å². The number of amides is 1. The second-order valence-corrected chi connectivity index (χ2v) is 2.92. The van der Waals surface area contributed by atoms with Gasteiger partial charge in [-0.15, -0.1) is 0 Å². The summed E-state index contributed by atoms with van der Waals surface area (Å²) in [6.07, 6.45) is 1.43. The van der Waals surface area contributed by atoms with Crippen LogP contribution in [0.15, 0.2) is 0 Å². The minimum Gasteiger partial charge on any atom is -0.374 e. The summed E-state index contributed by atoms with van der Waals surface area (Å²) in [7, 11) is 0. The minimum absolute atomic E-state index is 0.191. The molecule has 1 heterocycles. The van der Waals surface area contributed by atoms with Gasteiger partial charge in [0.15, 0.2) is 0 Å². The molecule has 0 radical (unpaired) electrons. The molecule has 0 unspecified atom stereocenters. The highest BCUT2D eigenvalue weighted by molar-refractivity contribution is 5.74. The molecule has 0 aromatic carbocycles. The number of morpholine rings is 1. The van der Waals surface area contributed by atoms with Crippen molar-refractivity contribution in [2.75, 3.05) is 13.2 Å². The summed E-state index contributed by atoms with van der Waals surface area (Å²) in [4.78, 5) is 12.8. The first kappa shape index (κ1) is 6.16. The van der Waals surface area contributed by atoms with E-state index in [2.05, 4.69) is 0 Å². The lowest BCUT2D eigenvalue weighted by atomic mass is 10.4. The van der Waals surface area contributed by atoms with E-state index in [1.165, 1.54) is 0 Å². The van der Waals surface area contributed by atoms with Crippen LogP contribution in [-0.2, 0) is 9.53 Å². The predicted octanol–water partition coefficient (Wildman–Crippen LogP) is 0.00600. The van der Waals surface area contributed by atoms with Crippen molar-refractivity contribution in [1.82, 2.24) is 4.90 Å². The fraction of sp³-hybridized carbons (Fsp3) is 0.857. The largest absolute Gasteiger partial charge is 0.374 e. The molecule has 0 N–H and O–H groups in total. The standard InChI is InChI=1S/C7H11NO2/c1-5(9)8-2-3-10-7-4-6(7)8/h6-7H,2-4H2,1H3/t6-,7+/m1/s1. The highest BCUT2D eigenvalue weighted by atomic mass is 16.5. The van der Waals surface area contributed by atoms with E-state index in [9.17, 15) is 4.79 Å². The van der Waals surface area contributed by atoms with E-state index in [1.807, 2.05) is 4.90 Å². The fourth-order valence-corrected chi connectivity index (χ4v) is 1.53. The Hall–Kier alpha value is -0.570. The third kappa shape index (κ3) is 0.814. The molecule has 3 heteroatoms.